The van der Waals surface area contributed by atoms with Crippen molar-refractivity contribution >= 4 is 23.2 Å². The second-order valence-corrected chi connectivity index (χ2v) is 8.55. The Hall–Kier alpha value is -4.53. The molecule has 1 aliphatic carbocycles. The predicted molar refractivity (Wildman–Crippen MR) is 127 cm³/mol. The van der Waals surface area contributed by atoms with Crippen molar-refractivity contribution in [2.75, 3.05) is 5.32 Å². The van der Waals surface area contributed by atoms with E-state index in [1.54, 1.807) is 55.8 Å². The Morgan fingerprint density at radius 1 is 1.14 bits per heavy atom. The van der Waals surface area contributed by atoms with Gasteiger partial charge >= 0.3 is 0 Å². The van der Waals surface area contributed by atoms with Crippen molar-refractivity contribution in [1.82, 2.24) is 10.3 Å². The Bertz CT molecular complexity index is 1360. The van der Waals surface area contributed by atoms with Gasteiger partial charge in [0.1, 0.15) is 11.6 Å². The number of pyridine rings is 1. The SMILES string of the molecule is CC1=C(C(=O)Nc2ccccn2)C(c2ccc([N+](=O)[O-])cc2)C2=C(CC(c3ccco3)CC2=O)N1. The van der Waals surface area contributed by atoms with Crippen LogP contribution in [0.4, 0.5) is 11.5 Å². The second kappa shape index (κ2) is 9.02. The number of allylic oxidation sites excluding steroid dienone is 3. The number of benzene rings is 1. The first-order chi connectivity index (χ1) is 16.9. The molecule has 0 spiro atoms. The molecule has 0 radical (unpaired) electrons. The fourth-order valence-electron chi connectivity index (χ4n) is 4.81. The zero-order valence-corrected chi connectivity index (χ0v) is 18.9. The van der Waals surface area contributed by atoms with Crippen molar-refractivity contribution in [1.29, 1.82) is 0 Å². The number of hydrogen-bond donors (Lipinski definition) is 2. The maximum Gasteiger partial charge on any atom is 0.269 e. The van der Waals surface area contributed by atoms with E-state index in [1.165, 1.54) is 12.1 Å². The molecule has 2 atom stereocenters. The number of amides is 1. The first kappa shape index (κ1) is 22.3. The Labute approximate surface area is 200 Å². The van der Waals surface area contributed by atoms with Gasteiger partial charge in [0.05, 0.1) is 11.2 Å². The molecule has 0 saturated heterocycles. The van der Waals surface area contributed by atoms with E-state index in [9.17, 15) is 19.7 Å². The van der Waals surface area contributed by atoms with Crippen molar-refractivity contribution in [3.63, 3.8) is 0 Å². The third-order valence-corrected chi connectivity index (χ3v) is 6.36. The highest BCUT2D eigenvalue weighted by Gasteiger charge is 2.41. The number of nitrogens with one attached hydrogen (secondary N) is 2. The highest BCUT2D eigenvalue weighted by Crippen LogP contribution is 2.45. The number of rotatable bonds is 5. The molecular weight excluding hydrogens is 448 g/mol. The molecular formula is C26H22N4O5. The molecule has 3 aromatic rings. The van der Waals surface area contributed by atoms with E-state index in [0.717, 1.165) is 11.5 Å². The smallest absolute Gasteiger partial charge is 0.269 e. The molecule has 9 nitrogen and oxygen atoms in total. The molecule has 176 valence electrons. The molecule has 1 amide bonds. The highest BCUT2D eigenvalue weighted by molar-refractivity contribution is 6.09. The number of nitro benzene ring substituents is 1. The summed E-state index contributed by atoms with van der Waals surface area (Å²) < 4.78 is 5.55. The number of furan rings is 1. The second-order valence-electron chi connectivity index (χ2n) is 8.55. The minimum atomic E-state index is -0.680. The van der Waals surface area contributed by atoms with Crippen LogP contribution in [-0.4, -0.2) is 21.6 Å². The van der Waals surface area contributed by atoms with Crippen LogP contribution in [0.2, 0.25) is 0 Å². The maximum absolute atomic E-state index is 13.5. The van der Waals surface area contributed by atoms with Crippen molar-refractivity contribution in [3.8, 4) is 0 Å². The first-order valence-electron chi connectivity index (χ1n) is 11.2. The van der Waals surface area contributed by atoms with Gasteiger partial charge in [-0.3, -0.25) is 19.7 Å². The molecule has 2 N–H and O–H groups in total. The average molecular weight is 470 g/mol. The third-order valence-electron chi connectivity index (χ3n) is 6.36. The standard InChI is InChI=1S/C26H22N4O5/c1-15-23(26(32)29-22-6-2-3-11-27-22)24(16-7-9-18(10-8-16)30(33)34)25-19(28-15)13-17(14-20(25)31)21-5-4-12-35-21/h2-12,17,24,28H,13-14H2,1H3,(H,27,29,32). The number of hydrogen-bond acceptors (Lipinski definition) is 7. The molecule has 1 aromatic carbocycles. The van der Waals surface area contributed by atoms with Crippen LogP contribution in [0.5, 0.6) is 0 Å². The van der Waals surface area contributed by atoms with Gasteiger partial charge in [0, 0.05) is 59.1 Å². The summed E-state index contributed by atoms with van der Waals surface area (Å²) in [7, 11) is 0. The summed E-state index contributed by atoms with van der Waals surface area (Å²) in [6.45, 7) is 1.79. The lowest BCUT2D eigenvalue weighted by Crippen LogP contribution is -2.37. The number of nitrogens with zero attached hydrogens (tertiary/aromatic N) is 2. The van der Waals surface area contributed by atoms with Gasteiger partial charge in [0.15, 0.2) is 5.78 Å². The minimum Gasteiger partial charge on any atom is -0.469 e. The Morgan fingerprint density at radius 2 is 1.94 bits per heavy atom. The van der Waals surface area contributed by atoms with Gasteiger partial charge < -0.3 is 15.1 Å². The number of nitro groups is 1. The van der Waals surface area contributed by atoms with Gasteiger partial charge in [0.25, 0.3) is 11.6 Å². The number of Topliss-reactive ketones (excluding diaryl/α,β-unsaturated/α-hetero) is 1. The van der Waals surface area contributed by atoms with Crippen LogP contribution >= 0.6 is 0 Å². The van der Waals surface area contributed by atoms with Gasteiger partial charge in [-0.15, -0.1) is 0 Å². The summed E-state index contributed by atoms with van der Waals surface area (Å²) in [5.74, 6) is -0.172. The molecule has 5 rings (SSSR count). The quantitative estimate of drug-likeness (QED) is 0.413. The van der Waals surface area contributed by atoms with Gasteiger partial charge in [-0.05, 0) is 43.2 Å². The van der Waals surface area contributed by atoms with E-state index >= 15 is 0 Å². The van der Waals surface area contributed by atoms with E-state index in [0.29, 0.717) is 34.6 Å². The highest BCUT2D eigenvalue weighted by atomic mass is 16.6. The average Bonchev–Trinajstić information content (AvgIpc) is 3.39. The Morgan fingerprint density at radius 3 is 2.60 bits per heavy atom. The van der Waals surface area contributed by atoms with Gasteiger partial charge in [-0.25, -0.2) is 4.98 Å². The van der Waals surface area contributed by atoms with Crippen LogP contribution < -0.4 is 10.6 Å². The predicted octanol–water partition coefficient (Wildman–Crippen LogP) is 4.58. The number of non-ortho nitro benzene ring substituents is 1. The number of carbonyl (C=O) groups excluding carboxylic acids is 2. The van der Waals surface area contributed by atoms with Crippen LogP contribution in [0.1, 0.15) is 42.9 Å². The summed E-state index contributed by atoms with van der Waals surface area (Å²) in [4.78, 5) is 41.8. The van der Waals surface area contributed by atoms with Crippen molar-refractivity contribution in [2.24, 2.45) is 0 Å². The summed E-state index contributed by atoms with van der Waals surface area (Å²) >= 11 is 0. The fourth-order valence-corrected chi connectivity index (χ4v) is 4.81. The molecule has 2 aromatic heterocycles. The zero-order chi connectivity index (χ0) is 24.5. The Balaban J connectivity index is 1.58. The molecule has 0 fully saturated rings. The molecule has 35 heavy (non-hydrogen) atoms. The summed E-state index contributed by atoms with van der Waals surface area (Å²) in [5.41, 5.74) is 2.77. The lowest BCUT2D eigenvalue weighted by molar-refractivity contribution is -0.384. The van der Waals surface area contributed by atoms with E-state index < -0.39 is 16.7 Å². The van der Waals surface area contributed by atoms with E-state index in [1.807, 2.05) is 6.07 Å². The fraction of sp³-hybridized carbons (Fsp3) is 0.192. The maximum atomic E-state index is 13.5. The van der Waals surface area contributed by atoms with Crippen LogP contribution in [0.3, 0.4) is 0 Å². The van der Waals surface area contributed by atoms with Crippen LogP contribution in [0, 0.1) is 10.1 Å². The number of anilines is 1. The summed E-state index contributed by atoms with van der Waals surface area (Å²) in [6, 6.07) is 14.8. The molecule has 0 saturated carbocycles. The zero-order valence-electron chi connectivity index (χ0n) is 18.9. The lowest BCUT2D eigenvalue weighted by atomic mass is 9.72. The monoisotopic (exact) mass is 470 g/mol. The largest absolute Gasteiger partial charge is 0.469 e. The molecule has 9 heteroatoms. The number of ketones is 1. The van der Waals surface area contributed by atoms with Crippen LogP contribution in [0.25, 0.3) is 0 Å². The molecule has 2 aliphatic rings. The number of dihydropyridines is 1. The molecule has 2 unspecified atom stereocenters. The topological polar surface area (TPSA) is 127 Å². The molecule has 3 heterocycles. The Kier molecular flexibility index (Phi) is 5.74. The van der Waals surface area contributed by atoms with Gasteiger partial charge in [-0.1, -0.05) is 18.2 Å². The molecule has 1 aliphatic heterocycles. The normalized spacial score (nSPS) is 19.7. The van der Waals surface area contributed by atoms with E-state index in [4.69, 9.17) is 4.42 Å². The van der Waals surface area contributed by atoms with E-state index in [-0.39, 0.29) is 23.8 Å². The number of aromatic nitrogens is 1. The summed E-state index contributed by atoms with van der Waals surface area (Å²) in [6.07, 6.45) is 3.95. The van der Waals surface area contributed by atoms with Crippen molar-refractivity contribution in [3.05, 3.63) is 111 Å². The third kappa shape index (κ3) is 4.23. The van der Waals surface area contributed by atoms with Gasteiger partial charge in [0.2, 0.25) is 0 Å². The lowest BCUT2D eigenvalue weighted by Gasteiger charge is -2.36. The van der Waals surface area contributed by atoms with Crippen molar-refractivity contribution < 1.29 is 18.9 Å². The first-order valence-corrected chi connectivity index (χ1v) is 11.2. The van der Waals surface area contributed by atoms with Crippen LogP contribution in [0.15, 0.2) is 94.0 Å². The van der Waals surface area contributed by atoms with Crippen LogP contribution in [-0.2, 0) is 9.59 Å². The summed E-state index contributed by atoms with van der Waals surface area (Å²) in [5, 5.41) is 17.3. The van der Waals surface area contributed by atoms with Crippen molar-refractivity contribution in [2.45, 2.75) is 31.6 Å². The number of carbonyl (C=O) groups is 2. The molecule has 0 bridgehead atoms. The van der Waals surface area contributed by atoms with E-state index in [2.05, 4.69) is 15.6 Å². The van der Waals surface area contributed by atoms with Gasteiger partial charge in [-0.2, -0.15) is 0 Å². The minimum absolute atomic E-state index is 0.0649.